The van der Waals surface area contributed by atoms with E-state index >= 15 is 4.79 Å². The van der Waals surface area contributed by atoms with Crippen LogP contribution < -0.4 is 0 Å². The first-order valence-electron chi connectivity index (χ1n) is 26.5. The molecule has 2 aliphatic heterocycles. The van der Waals surface area contributed by atoms with Crippen molar-refractivity contribution in [3.63, 3.8) is 0 Å². The largest absolute Gasteiger partial charge is 0.462 e. The molecule has 7 nitrogen and oxygen atoms in total. The normalized spacial score (nSPS) is 37.3. The molecule has 0 aromatic heterocycles. The van der Waals surface area contributed by atoms with Crippen LogP contribution in [0.15, 0.2) is 72.3 Å². The minimum absolute atomic E-state index is 0.0655. The van der Waals surface area contributed by atoms with Crippen LogP contribution >= 0.6 is 0 Å². The predicted molar refractivity (Wildman–Crippen MR) is 259 cm³/mol. The van der Waals surface area contributed by atoms with Crippen molar-refractivity contribution in [2.24, 2.45) is 50.7 Å². The maximum absolute atomic E-state index is 15.8. The fourth-order valence-corrected chi connectivity index (χ4v) is 16.5. The van der Waals surface area contributed by atoms with E-state index in [2.05, 4.69) is 86.4 Å². The highest BCUT2D eigenvalue weighted by Crippen LogP contribution is 2.72. The Morgan fingerprint density at radius 3 is 2.23 bits per heavy atom. The molecule has 66 heavy (non-hydrogen) atoms. The van der Waals surface area contributed by atoms with Crippen LogP contribution in [0, 0.1) is 62.6 Å². The number of carbonyl (C=O) groups excluding carboxylic acids is 2. The Morgan fingerprint density at radius 1 is 0.818 bits per heavy atom. The van der Waals surface area contributed by atoms with E-state index in [1.807, 2.05) is 6.92 Å². The first-order chi connectivity index (χ1) is 31.7. The number of aliphatic hydroxyl groups is 3. The van der Waals surface area contributed by atoms with E-state index in [9.17, 15) is 20.1 Å². The number of benzene rings is 2. The summed E-state index contributed by atoms with van der Waals surface area (Å²) in [5.74, 6) is 7.30. The Bertz CT molecular complexity index is 2110. The van der Waals surface area contributed by atoms with Crippen LogP contribution in [0.1, 0.15) is 173 Å². The molecule has 3 N–H and O–H groups in total. The van der Waals surface area contributed by atoms with Gasteiger partial charge in [-0.1, -0.05) is 119 Å². The van der Waals surface area contributed by atoms with Gasteiger partial charge in [0.2, 0.25) is 0 Å². The van der Waals surface area contributed by atoms with Gasteiger partial charge in [-0.15, -0.1) is 5.92 Å². The quantitative estimate of drug-likeness (QED) is 0.128. The van der Waals surface area contributed by atoms with Gasteiger partial charge in [-0.2, -0.15) is 0 Å². The fraction of sp³-hybridized carbons (Fsp3) is 0.695. The molecule has 5 aliphatic carbocycles. The highest BCUT2D eigenvalue weighted by Gasteiger charge is 2.78. The van der Waals surface area contributed by atoms with Crippen molar-refractivity contribution in [1.82, 2.24) is 0 Å². The maximum atomic E-state index is 15.8. The summed E-state index contributed by atoms with van der Waals surface area (Å²) in [7, 11) is 0. The number of hydrogen-bond acceptors (Lipinski definition) is 7. The zero-order valence-corrected chi connectivity index (χ0v) is 40.5. The van der Waals surface area contributed by atoms with Crippen molar-refractivity contribution >= 4 is 11.9 Å². The number of hydrogen-bond donors (Lipinski definition) is 3. The summed E-state index contributed by atoms with van der Waals surface area (Å²) >= 11 is 0. The zero-order chi connectivity index (χ0) is 46.2. The second-order valence-electron chi connectivity index (χ2n) is 23.7. The van der Waals surface area contributed by atoms with Crippen molar-refractivity contribution in [2.45, 2.75) is 199 Å². The predicted octanol–water partition coefficient (Wildman–Crippen LogP) is 11.4. The Hall–Kier alpha value is -3.44. The Balaban J connectivity index is 1.14. The number of aliphatic hydroxyl groups excluding tert-OH is 2. The highest BCUT2D eigenvalue weighted by molar-refractivity contribution is 5.85. The van der Waals surface area contributed by atoms with Gasteiger partial charge in [0.05, 0.1) is 34.1 Å². The van der Waals surface area contributed by atoms with Crippen LogP contribution in [0.2, 0.25) is 0 Å². The lowest BCUT2D eigenvalue weighted by molar-refractivity contribution is -0.339. The van der Waals surface area contributed by atoms with Gasteiger partial charge in [-0.25, -0.2) is 4.79 Å². The van der Waals surface area contributed by atoms with Crippen LogP contribution in [0.3, 0.4) is 0 Å². The molecule has 5 fully saturated rings. The topological polar surface area (TPSA) is 113 Å². The third-order valence-corrected chi connectivity index (χ3v) is 19.5. The summed E-state index contributed by atoms with van der Waals surface area (Å²) in [6.45, 7) is 6.85. The summed E-state index contributed by atoms with van der Waals surface area (Å²) in [4.78, 5) is 28.3. The first kappa shape index (κ1) is 47.6. The van der Waals surface area contributed by atoms with E-state index in [0.29, 0.717) is 49.9 Å². The van der Waals surface area contributed by atoms with Crippen molar-refractivity contribution in [3.8, 4) is 11.8 Å². The molecule has 2 spiro atoms. The van der Waals surface area contributed by atoms with Crippen LogP contribution in [-0.4, -0.2) is 57.8 Å². The van der Waals surface area contributed by atoms with E-state index < -0.39 is 51.5 Å². The number of ether oxygens (including phenoxy) is 2. The third kappa shape index (κ3) is 8.76. The first-order valence-corrected chi connectivity index (χ1v) is 26.5. The number of cyclic esters (lactones) is 1. The molecule has 9 rings (SSSR count). The standard InChI is InChI=1S/C59H80O7/c1-42(17-15-22-43-18-7-4-8-19-43)25-26-49(60)59-50(61)28-33-55(3,47-23-11-6-12-24-47)52(59)48-39-54(2,58(59,64)34-27-45-36-51(62)65-40-45)29-16-32-57(53(63)66-48)38-46(35-44-20-9-5-10-21-44)37-56(41-57)30-13-14-31-56/h4-5,7-10,18-21,36,42,46-50,52,60-61,64H,6,11-15,17,22-28,30-35,37-41H2,1-3H3. The van der Waals surface area contributed by atoms with Crippen molar-refractivity contribution < 1.29 is 34.4 Å². The molecule has 358 valence electrons. The monoisotopic (exact) mass is 901 g/mol. The molecular formula is C59H80O7. The number of fused-ring (bicyclic) bond motifs is 4. The molecule has 2 heterocycles. The summed E-state index contributed by atoms with van der Waals surface area (Å²) in [5.41, 5.74) is -2.04. The number of rotatable bonds is 14. The summed E-state index contributed by atoms with van der Waals surface area (Å²) in [5, 5.41) is 41.1. The van der Waals surface area contributed by atoms with Gasteiger partial charge in [0.25, 0.3) is 0 Å². The SMILES string of the molecule is CC(CCCc1ccccc1)CCC(O)C12C(O)CCC(C)(C3CCCCC3)C1C1CC(C)(C#CCC3(CC(Cc4ccccc4)CC4(CCCC4)C3)C(=O)O1)C2(O)CCC1=CC(=O)OC1. The van der Waals surface area contributed by atoms with Gasteiger partial charge >= 0.3 is 11.9 Å². The molecule has 5 saturated carbocycles. The average molecular weight is 901 g/mol. The lowest BCUT2D eigenvalue weighted by Crippen LogP contribution is -2.79. The number of carbonyl (C=O) groups is 2. The molecule has 11 atom stereocenters. The molecule has 0 radical (unpaired) electrons. The van der Waals surface area contributed by atoms with Crippen molar-refractivity contribution in [3.05, 3.63) is 83.4 Å². The highest BCUT2D eigenvalue weighted by atomic mass is 16.5. The molecule has 7 aliphatic rings. The summed E-state index contributed by atoms with van der Waals surface area (Å²) in [6, 6.07) is 21.3. The van der Waals surface area contributed by atoms with Crippen molar-refractivity contribution in [2.75, 3.05) is 6.61 Å². The van der Waals surface area contributed by atoms with Crippen LogP contribution in [0.25, 0.3) is 0 Å². The Labute approximate surface area is 396 Å². The second-order valence-corrected chi connectivity index (χ2v) is 23.7. The molecule has 7 heteroatoms. The number of aryl methyl sites for hydroxylation is 1. The molecule has 2 aromatic carbocycles. The smallest absolute Gasteiger partial charge is 0.331 e. The second kappa shape index (κ2) is 19.2. The molecule has 2 aromatic rings. The van der Waals surface area contributed by atoms with Gasteiger partial charge in [0.1, 0.15) is 12.7 Å². The van der Waals surface area contributed by atoms with Crippen LogP contribution in [0.5, 0.6) is 0 Å². The summed E-state index contributed by atoms with van der Waals surface area (Å²) < 4.78 is 12.8. The van der Waals surface area contributed by atoms with E-state index in [1.165, 1.54) is 30.4 Å². The zero-order valence-electron chi connectivity index (χ0n) is 40.5. The van der Waals surface area contributed by atoms with Gasteiger partial charge in [-0.05, 0) is 155 Å². The van der Waals surface area contributed by atoms with E-state index in [1.54, 1.807) is 6.08 Å². The minimum Gasteiger partial charge on any atom is -0.462 e. The van der Waals surface area contributed by atoms with Crippen LogP contribution in [-0.2, 0) is 31.9 Å². The minimum atomic E-state index is -1.70. The molecule has 0 saturated heterocycles. The fourth-order valence-electron chi connectivity index (χ4n) is 16.5. The van der Waals surface area contributed by atoms with Crippen LogP contribution in [0.4, 0.5) is 0 Å². The van der Waals surface area contributed by atoms with Gasteiger partial charge in [0, 0.05) is 24.8 Å². The molecule has 11 unspecified atom stereocenters. The molecular weight excluding hydrogens is 821 g/mol. The van der Waals surface area contributed by atoms with Gasteiger partial charge in [0.15, 0.2) is 0 Å². The maximum Gasteiger partial charge on any atom is 0.331 e. The van der Waals surface area contributed by atoms with E-state index in [0.717, 1.165) is 102 Å². The van der Waals surface area contributed by atoms with E-state index in [-0.39, 0.29) is 30.4 Å². The number of esters is 2. The van der Waals surface area contributed by atoms with Crippen molar-refractivity contribution in [1.29, 1.82) is 0 Å². The third-order valence-electron chi connectivity index (χ3n) is 19.5. The molecule has 0 amide bonds. The van der Waals surface area contributed by atoms with E-state index in [4.69, 9.17) is 9.47 Å². The summed E-state index contributed by atoms with van der Waals surface area (Å²) in [6.07, 6.45) is 19.0. The Morgan fingerprint density at radius 2 is 1.53 bits per heavy atom. The lowest BCUT2D eigenvalue weighted by atomic mass is 9.35. The average Bonchev–Trinajstić information content (AvgIpc) is 3.96. The van der Waals surface area contributed by atoms with Gasteiger partial charge < -0.3 is 24.8 Å². The molecule has 2 bridgehead atoms. The lowest BCUT2D eigenvalue weighted by Gasteiger charge is -2.72. The van der Waals surface area contributed by atoms with Gasteiger partial charge in [-0.3, -0.25) is 4.79 Å². The Kier molecular flexibility index (Phi) is 13.8.